The van der Waals surface area contributed by atoms with Gasteiger partial charge in [-0.15, -0.1) is 11.8 Å². The van der Waals surface area contributed by atoms with E-state index in [9.17, 15) is 0 Å². The molecule has 1 N–H and O–H groups in total. The molecule has 0 spiro atoms. The lowest BCUT2D eigenvalue weighted by molar-refractivity contribution is 0.111. The topological polar surface area (TPSA) is 39.7 Å². The predicted molar refractivity (Wildman–Crippen MR) is 86.6 cm³/mol. The zero-order valence-corrected chi connectivity index (χ0v) is 13.9. The molecule has 1 heterocycles. The van der Waals surface area contributed by atoms with E-state index in [0.717, 1.165) is 37.8 Å². The van der Waals surface area contributed by atoms with Crippen molar-refractivity contribution < 1.29 is 14.2 Å². The van der Waals surface area contributed by atoms with Crippen molar-refractivity contribution in [3.05, 3.63) is 17.7 Å². The van der Waals surface area contributed by atoms with Gasteiger partial charge in [0.2, 0.25) is 0 Å². The molecule has 0 aromatic heterocycles. The van der Waals surface area contributed by atoms with Crippen molar-refractivity contribution in [3.8, 4) is 11.5 Å². The number of rotatable bonds is 8. The van der Waals surface area contributed by atoms with Gasteiger partial charge in [0.05, 0.1) is 6.61 Å². The molecule has 1 aliphatic rings. The first-order chi connectivity index (χ1) is 10.2. The molecule has 5 heteroatoms. The summed E-state index contributed by atoms with van der Waals surface area (Å²) in [6.07, 6.45) is 2.08. The average Bonchev–Trinajstić information content (AvgIpc) is 2.49. The highest BCUT2D eigenvalue weighted by Gasteiger charge is 2.15. The second-order valence-electron chi connectivity index (χ2n) is 5.45. The normalized spacial score (nSPS) is 13.7. The van der Waals surface area contributed by atoms with E-state index >= 15 is 0 Å². The molecule has 1 aromatic carbocycles. The highest BCUT2D eigenvalue weighted by atomic mass is 32.2. The third-order valence-corrected chi connectivity index (χ3v) is 3.95. The monoisotopic (exact) mass is 311 g/mol. The summed E-state index contributed by atoms with van der Waals surface area (Å²) in [7, 11) is 0. The van der Waals surface area contributed by atoms with Crippen LogP contribution in [0.15, 0.2) is 17.0 Å². The van der Waals surface area contributed by atoms with Gasteiger partial charge < -0.3 is 19.5 Å². The average molecular weight is 311 g/mol. The fourth-order valence-corrected chi connectivity index (χ4v) is 2.75. The molecule has 1 aromatic rings. The van der Waals surface area contributed by atoms with E-state index in [4.69, 9.17) is 14.2 Å². The van der Waals surface area contributed by atoms with Gasteiger partial charge in [-0.1, -0.05) is 13.8 Å². The second-order valence-corrected chi connectivity index (χ2v) is 6.30. The van der Waals surface area contributed by atoms with Gasteiger partial charge in [-0.25, -0.2) is 0 Å². The van der Waals surface area contributed by atoms with Crippen LogP contribution in [0.2, 0.25) is 0 Å². The lowest BCUT2D eigenvalue weighted by Gasteiger charge is -2.21. The van der Waals surface area contributed by atoms with Crippen LogP contribution in [-0.4, -0.2) is 39.2 Å². The van der Waals surface area contributed by atoms with E-state index < -0.39 is 0 Å². The van der Waals surface area contributed by atoms with Crippen LogP contribution >= 0.6 is 11.8 Å². The van der Waals surface area contributed by atoms with E-state index in [0.29, 0.717) is 19.1 Å². The van der Waals surface area contributed by atoms with Crippen molar-refractivity contribution in [2.24, 2.45) is 5.92 Å². The van der Waals surface area contributed by atoms with Crippen LogP contribution in [0.1, 0.15) is 19.4 Å². The van der Waals surface area contributed by atoms with Crippen molar-refractivity contribution in [1.82, 2.24) is 5.32 Å². The first kappa shape index (κ1) is 16.5. The van der Waals surface area contributed by atoms with Crippen LogP contribution in [0, 0.1) is 5.92 Å². The lowest BCUT2D eigenvalue weighted by atomic mass is 10.2. The van der Waals surface area contributed by atoms with Crippen molar-refractivity contribution in [1.29, 1.82) is 0 Å². The summed E-state index contributed by atoms with van der Waals surface area (Å²) in [5.74, 6) is 2.30. The minimum Gasteiger partial charge on any atom is -0.486 e. The summed E-state index contributed by atoms with van der Waals surface area (Å²) < 4.78 is 16.8. The Hall–Kier alpha value is -0.910. The van der Waals surface area contributed by atoms with Gasteiger partial charge >= 0.3 is 0 Å². The lowest BCUT2D eigenvalue weighted by Crippen LogP contribution is -2.21. The van der Waals surface area contributed by atoms with Gasteiger partial charge in [0, 0.05) is 24.6 Å². The third kappa shape index (κ3) is 5.09. The van der Waals surface area contributed by atoms with Crippen LogP contribution in [-0.2, 0) is 11.3 Å². The maximum atomic E-state index is 5.65. The van der Waals surface area contributed by atoms with Crippen molar-refractivity contribution in [2.45, 2.75) is 25.3 Å². The molecule has 0 aliphatic carbocycles. The number of hydrogen-bond acceptors (Lipinski definition) is 5. The minimum absolute atomic E-state index is 0.589. The zero-order chi connectivity index (χ0) is 15.1. The molecule has 118 valence electrons. The largest absolute Gasteiger partial charge is 0.486 e. The Morgan fingerprint density at radius 1 is 1.24 bits per heavy atom. The van der Waals surface area contributed by atoms with Gasteiger partial charge in [0.25, 0.3) is 0 Å². The van der Waals surface area contributed by atoms with Gasteiger partial charge in [0.1, 0.15) is 13.2 Å². The van der Waals surface area contributed by atoms with Crippen molar-refractivity contribution in [2.75, 3.05) is 39.2 Å². The van der Waals surface area contributed by atoms with E-state index in [1.165, 1.54) is 10.5 Å². The Labute approximate surface area is 131 Å². The van der Waals surface area contributed by atoms with Crippen LogP contribution in [0.3, 0.4) is 0 Å². The molecule has 0 fully saturated rings. The molecule has 4 nitrogen and oxygen atoms in total. The Bertz CT molecular complexity index is 451. The van der Waals surface area contributed by atoms with E-state index in [1.807, 2.05) is 0 Å². The molecule has 0 amide bonds. The maximum absolute atomic E-state index is 5.65. The number of thioether (sulfide) groups is 1. The highest BCUT2D eigenvalue weighted by molar-refractivity contribution is 7.98. The summed E-state index contributed by atoms with van der Waals surface area (Å²) in [6, 6.07) is 4.16. The van der Waals surface area contributed by atoms with Gasteiger partial charge in [-0.3, -0.25) is 0 Å². The Morgan fingerprint density at radius 3 is 2.62 bits per heavy atom. The molecule has 0 saturated heterocycles. The van der Waals surface area contributed by atoms with E-state index in [1.54, 1.807) is 11.8 Å². The quantitative estimate of drug-likeness (QED) is 0.590. The second kappa shape index (κ2) is 8.51. The summed E-state index contributed by atoms with van der Waals surface area (Å²) in [5, 5.41) is 3.42. The van der Waals surface area contributed by atoms with Crippen LogP contribution in [0.4, 0.5) is 0 Å². The summed E-state index contributed by atoms with van der Waals surface area (Å²) in [5.41, 5.74) is 1.25. The number of benzene rings is 1. The highest BCUT2D eigenvalue weighted by Crippen LogP contribution is 2.36. The molecule has 1 aliphatic heterocycles. The predicted octanol–water partition coefficient (Wildman–Crippen LogP) is 2.94. The summed E-state index contributed by atoms with van der Waals surface area (Å²) in [6.45, 7) is 8.82. The molecule has 21 heavy (non-hydrogen) atoms. The zero-order valence-electron chi connectivity index (χ0n) is 13.1. The Kier molecular flexibility index (Phi) is 6.67. The maximum Gasteiger partial charge on any atom is 0.162 e. The molecule has 0 saturated carbocycles. The fraction of sp³-hybridized carbons (Fsp3) is 0.625. The summed E-state index contributed by atoms with van der Waals surface area (Å²) in [4.78, 5) is 1.23. The number of nitrogens with one attached hydrogen (secondary N) is 1. The van der Waals surface area contributed by atoms with Crippen LogP contribution < -0.4 is 14.8 Å². The fourth-order valence-electron chi connectivity index (χ4n) is 2.13. The van der Waals surface area contributed by atoms with Crippen molar-refractivity contribution in [3.63, 3.8) is 0 Å². The van der Waals surface area contributed by atoms with E-state index in [2.05, 4.69) is 37.6 Å². The molecular formula is C16H25NO3S. The number of hydrogen-bond donors (Lipinski definition) is 1. The molecule has 0 bridgehead atoms. The van der Waals surface area contributed by atoms with Crippen molar-refractivity contribution >= 4 is 11.8 Å². The minimum atomic E-state index is 0.589. The first-order valence-corrected chi connectivity index (χ1v) is 8.68. The smallest absolute Gasteiger partial charge is 0.162 e. The van der Waals surface area contributed by atoms with Gasteiger partial charge in [0.15, 0.2) is 11.5 Å². The van der Waals surface area contributed by atoms with Gasteiger partial charge in [-0.2, -0.15) is 0 Å². The molecular weight excluding hydrogens is 286 g/mol. The third-order valence-electron chi connectivity index (χ3n) is 3.14. The molecule has 2 rings (SSSR count). The first-order valence-electron chi connectivity index (χ1n) is 7.45. The van der Waals surface area contributed by atoms with Crippen LogP contribution in [0.25, 0.3) is 0 Å². The summed E-state index contributed by atoms with van der Waals surface area (Å²) >= 11 is 1.73. The SMILES string of the molecule is CSc1cc2c(cc1CNCCOCC(C)C)OCCO2. The molecule has 0 radical (unpaired) electrons. The Balaban J connectivity index is 1.84. The molecule has 0 unspecified atom stereocenters. The van der Waals surface area contributed by atoms with E-state index in [-0.39, 0.29) is 0 Å². The van der Waals surface area contributed by atoms with Crippen LogP contribution in [0.5, 0.6) is 11.5 Å². The van der Waals surface area contributed by atoms with Gasteiger partial charge in [-0.05, 0) is 29.9 Å². The number of fused-ring (bicyclic) bond motifs is 1. The molecule has 0 atom stereocenters. The standard InChI is InChI=1S/C16H25NO3S/c1-12(2)11-18-5-4-17-10-13-8-14-15(9-16(13)21-3)20-7-6-19-14/h8-9,12,17H,4-7,10-11H2,1-3H3. The Morgan fingerprint density at radius 2 is 1.95 bits per heavy atom. The number of ether oxygens (including phenoxy) is 3.